The molecule has 0 amide bonds. The highest BCUT2D eigenvalue weighted by molar-refractivity contribution is 6.18. The minimum Gasteiger partial charge on any atom is -0.289 e. The summed E-state index contributed by atoms with van der Waals surface area (Å²) in [6.45, 7) is 0. The maximum Gasteiger partial charge on any atom is 0.266 e. The molecular weight excluding hydrogens is 336 g/mol. The molecular formula is C23H14N2O2. The number of rotatable bonds is 2. The van der Waals surface area contributed by atoms with Crippen molar-refractivity contribution in [3.8, 4) is 0 Å². The second-order valence-corrected chi connectivity index (χ2v) is 6.40. The smallest absolute Gasteiger partial charge is 0.266 e. The molecule has 27 heavy (non-hydrogen) atoms. The maximum atomic E-state index is 13.1. The number of Topliss-reactive ketones (excluding diaryl/α,β-unsaturated/α-hetero) is 1. The number of aromatic nitrogens is 2. The number of nitrogens with zero attached hydrogens (tertiary/aromatic N) is 2. The van der Waals surface area contributed by atoms with E-state index in [9.17, 15) is 9.59 Å². The van der Waals surface area contributed by atoms with Gasteiger partial charge in [-0.2, -0.15) is 0 Å². The van der Waals surface area contributed by atoms with E-state index in [-0.39, 0.29) is 11.3 Å². The van der Waals surface area contributed by atoms with Crippen LogP contribution in [0.3, 0.4) is 0 Å². The Morgan fingerprint density at radius 1 is 0.815 bits per heavy atom. The van der Waals surface area contributed by atoms with Crippen molar-refractivity contribution in [3.05, 3.63) is 100.0 Å². The number of hydrogen-bond acceptors (Lipinski definition) is 3. The van der Waals surface area contributed by atoms with Gasteiger partial charge in [0.15, 0.2) is 5.78 Å². The van der Waals surface area contributed by atoms with E-state index in [1.54, 1.807) is 28.7 Å². The molecule has 2 heterocycles. The lowest BCUT2D eigenvalue weighted by molar-refractivity contribution is 0.106. The number of hydrogen-bond donors (Lipinski definition) is 0. The van der Waals surface area contributed by atoms with Gasteiger partial charge in [0.2, 0.25) is 0 Å². The number of benzene rings is 3. The third-order valence-electron chi connectivity index (χ3n) is 4.79. The summed E-state index contributed by atoms with van der Waals surface area (Å²) in [7, 11) is 0. The molecule has 3 aromatic carbocycles. The summed E-state index contributed by atoms with van der Waals surface area (Å²) in [6.07, 6.45) is 1.58. The van der Waals surface area contributed by atoms with Crippen molar-refractivity contribution < 1.29 is 4.79 Å². The Bertz CT molecular complexity index is 1450. The van der Waals surface area contributed by atoms with Gasteiger partial charge in [0.05, 0.1) is 16.4 Å². The van der Waals surface area contributed by atoms with E-state index in [0.717, 1.165) is 10.9 Å². The fourth-order valence-electron chi connectivity index (χ4n) is 3.51. The molecule has 0 aliphatic heterocycles. The van der Waals surface area contributed by atoms with E-state index < -0.39 is 0 Å². The Morgan fingerprint density at radius 3 is 2.30 bits per heavy atom. The Balaban J connectivity index is 1.95. The van der Waals surface area contributed by atoms with Crippen molar-refractivity contribution in [1.29, 1.82) is 0 Å². The Labute approximate surface area is 154 Å². The van der Waals surface area contributed by atoms with Gasteiger partial charge in [0, 0.05) is 16.2 Å². The predicted octanol–water partition coefficient (Wildman–Crippen LogP) is 3.38. The molecule has 0 bridgehead atoms. The fraction of sp³-hybridized carbons (Fsp3) is 0. The molecule has 0 spiro atoms. The molecule has 2 aromatic heterocycles. The van der Waals surface area contributed by atoms with Crippen LogP contribution in [-0.2, 0) is 0 Å². The maximum absolute atomic E-state index is 13.1. The Kier molecular flexibility index (Phi) is 3.37. The second-order valence-electron chi connectivity index (χ2n) is 6.40. The molecule has 0 aliphatic carbocycles. The van der Waals surface area contributed by atoms with E-state index >= 15 is 0 Å². The molecule has 0 N–H and O–H groups in total. The van der Waals surface area contributed by atoms with Crippen LogP contribution in [0.15, 0.2) is 83.7 Å². The minimum atomic E-state index is -0.126. The average Bonchev–Trinajstić information content (AvgIpc) is 3.03. The van der Waals surface area contributed by atoms with E-state index in [1.807, 2.05) is 60.7 Å². The molecule has 0 unspecified atom stereocenters. The van der Waals surface area contributed by atoms with Gasteiger partial charge >= 0.3 is 0 Å². The summed E-state index contributed by atoms with van der Waals surface area (Å²) in [5.41, 5.74) is 2.36. The number of para-hydroxylation sites is 2. The largest absolute Gasteiger partial charge is 0.289 e. The molecule has 5 rings (SSSR count). The Morgan fingerprint density at radius 2 is 1.48 bits per heavy atom. The second kappa shape index (κ2) is 5.88. The van der Waals surface area contributed by atoms with Crippen LogP contribution in [0.2, 0.25) is 0 Å². The molecule has 0 saturated heterocycles. The molecule has 4 heteroatoms. The highest BCUT2D eigenvalue weighted by Gasteiger charge is 2.14. The summed E-state index contributed by atoms with van der Waals surface area (Å²) < 4.78 is 1.60. The van der Waals surface area contributed by atoms with Gasteiger partial charge in [0.25, 0.3) is 5.56 Å². The summed E-state index contributed by atoms with van der Waals surface area (Å²) in [6, 6.07) is 23.9. The minimum absolute atomic E-state index is 0.115. The van der Waals surface area contributed by atoms with E-state index in [2.05, 4.69) is 0 Å². The molecule has 128 valence electrons. The van der Waals surface area contributed by atoms with Gasteiger partial charge in [-0.15, -0.1) is 0 Å². The van der Waals surface area contributed by atoms with Crippen LogP contribution in [0, 0.1) is 0 Å². The van der Waals surface area contributed by atoms with Gasteiger partial charge in [-0.3, -0.25) is 14.0 Å². The lowest BCUT2D eigenvalue weighted by Gasteiger charge is -1.99. The average molecular weight is 350 g/mol. The summed E-state index contributed by atoms with van der Waals surface area (Å²) in [5.74, 6) is -0.115. The van der Waals surface area contributed by atoms with Crippen molar-refractivity contribution in [2.75, 3.05) is 0 Å². The van der Waals surface area contributed by atoms with Crippen LogP contribution in [0.4, 0.5) is 0 Å². The van der Waals surface area contributed by atoms with E-state index in [1.165, 1.54) is 0 Å². The van der Waals surface area contributed by atoms with Crippen LogP contribution in [0.1, 0.15) is 10.4 Å². The van der Waals surface area contributed by atoms with Crippen LogP contribution < -0.4 is 10.8 Å². The van der Waals surface area contributed by atoms with Gasteiger partial charge in [0.1, 0.15) is 5.65 Å². The number of carbonyl (C=O) groups is 1. The predicted molar refractivity (Wildman–Crippen MR) is 107 cm³/mol. The third kappa shape index (κ3) is 2.34. The lowest BCUT2D eigenvalue weighted by atomic mass is 10.1. The molecule has 5 aromatic rings. The highest BCUT2D eigenvalue weighted by Crippen LogP contribution is 2.15. The van der Waals surface area contributed by atoms with Gasteiger partial charge in [-0.05, 0) is 24.3 Å². The molecule has 0 radical (unpaired) electrons. The zero-order chi connectivity index (χ0) is 18.4. The topological polar surface area (TPSA) is 51.4 Å². The first kappa shape index (κ1) is 15.5. The van der Waals surface area contributed by atoms with Crippen molar-refractivity contribution in [3.63, 3.8) is 0 Å². The summed E-state index contributed by atoms with van der Waals surface area (Å²) in [4.78, 5) is 30.6. The number of carbonyl (C=O) groups excluding carboxylic acids is 1. The monoisotopic (exact) mass is 350 g/mol. The molecule has 0 saturated carbocycles. The number of fused-ring (bicyclic) bond motifs is 4. The molecule has 0 fully saturated rings. The summed E-state index contributed by atoms with van der Waals surface area (Å²) >= 11 is 0. The van der Waals surface area contributed by atoms with Crippen LogP contribution >= 0.6 is 0 Å². The van der Waals surface area contributed by atoms with E-state index in [4.69, 9.17) is 4.98 Å². The first-order valence-electron chi connectivity index (χ1n) is 8.67. The van der Waals surface area contributed by atoms with Crippen LogP contribution in [0.5, 0.6) is 0 Å². The van der Waals surface area contributed by atoms with Crippen molar-refractivity contribution in [2.45, 2.75) is 0 Å². The normalized spacial score (nSPS) is 12.2. The van der Waals surface area contributed by atoms with E-state index in [0.29, 0.717) is 27.3 Å². The number of ketones is 1. The standard InChI is InChI=1S/C23H14N2O2/c26-21(15-8-2-1-3-9-15)14-18-16-10-5-7-13-20(16)25-22(18)24-19-12-6-4-11-17(19)23(25)27/h1-14H. The molecule has 0 atom stereocenters. The van der Waals surface area contributed by atoms with Crippen molar-refractivity contribution in [1.82, 2.24) is 9.38 Å². The van der Waals surface area contributed by atoms with Crippen molar-refractivity contribution >= 4 is 39.3 Å². The summed E-state index contributed by atoms with van der Waals surface area (Å²) in [5, 5.41) is 2.07. The van der Waals surface area contributed by atoms with Gasteiger partial charge in [-0.1, -0.05) is 60.7 Å². The zero-order valence-corrected chi connectivity index (χ0v) is 14.3. The SMILES string of the molecule is O=C(C=c1c2ccccc2n2c(=O)c3ccccc3nc12)c1ccccc1. The first-order valence-corrected chi connectivity index (χ1v) is 8.67. The quantitative estimate of drug-likeness (QED) is 0.459. The zero-order valence-electron chi connectivity index (χ0n) is 14.3. The van der Waals surface area contributed by atoms with Gasteiger partial charge in [-0.25, -0.2) is 4.98 Å². The van der Waals surface area contributed by atoms with Crippen LogP contribution in [0.25, 0.3) is 33.5 Å². The third-order valence-corrected chi connectivity index (χ3v) is 4.79. The molecule has 0 aliphatic rings. The fourth-order valence-corrected chi connectivity index (χ4v) is 3.51. The van der Waals surface area contributed by atoms with Gasteiger partial charge < -0.3 is 0 Å². The first-order chi connectivity index (χ1) is 13.2. The van der Waals surface area contributed by atoms with Crippen molar-refractivity contribution in [2.24, 2.45) is 0 Å². The Hall–Kier alpha value is -3.79. The molecule has 4 nitrogen and oxygen atoms in total. The van der Waals surface area contributed by atoms with Crippen LogP contribution in [-0.4, -0.2) is 15.2 Å². The lowest BCUT2D eigenvalue weighted by Crippen LogP contribution is -2.16. The highest BCUT2D eigenvalue weighted by atomic mass is 16.1.